The third kappa shape index (κ3) is 5.29. The normalized spacial score (nSPS) is 13.1. The Morgan fingerprint density at radius 3 is 1.29 bits per heavy atom. The molecule has 0 N–H and O–H groups in total. The van der Waals surface area contributed by atoms with E-state index in [1.165, 1.54) is 24.3 Å². The highest BCUT2D eigenvalue weighted by molar-refractivity contribution is 5.82. The zero-order chi connectivity index (χ0) is 22.4. The lowest BCUT2D eigenvalue weighted by atomic mass is 10.1. The topological polar surface area (TPSA) is 38.9 Å². The summed E-state index contributed by atoms with van der Waals surface area (Å²) in [6, 6.07) is 12.5. The largest absolute Gasteiger partial charge is 0.412 e. The highest BCUT2D eigenvalue weighted by Crippen LogP contribution is 2.32. The molecule has 0 bridgehead atoms. The van der Waals surface area contributed by atoms with Crippen molar-refractivity contribution in [2.45, 2.75) is 39.5 Å². The van der Waals surface area contributed by atoms with Gasteiger partial charge in [0.15, 0.2) is 11.7 Å². The van der Waals surface area contributed by atoms with E-state index in [1.807, 2.05) is 13.8 Å². The molecule has 0 saturated carbocycles. The Balaban J connectivity index is 1.84. The summed E-state index contributed by atoms with van der Waals surface area (Å²) in [4.78, 5) is 0. The molecule has 0 saturated heterocycles. The molecule has 3 nitrogen and oxygen atoms in total. The van der Waals surface area contributed by atoms with E-state index in [0.717, 1.165) is 36.8 Å². The van der Waals surface area contributed by atoms with Crippen LogP contribution in [0.15, 0.2) is 52.9 Å². The lowest BCUT2D eigenvalue weighted by Gasteiger charge is -2.02. The number of aromatic nitrogens is 2. The molecule has 0 aliphatic rings. The number of aryl methyl sites for hydroxylation is 2. The number of nitrogens with zero attached hydrogens (tertiary/aromatic N) is 2. The van der Waals surface area contributed by atoms with Gasteiger partial charge in [-0.05, 0) is 24.0 Å². The molecule has 0 fully saturated rings. The van der Waals surface area contributed by atoms with Crippen LogP contribution in [-0.2, 0) is 12.8 Å². The van der Waals surface area contributed by atoms with Crippen LogP contribution in [0.1, 0.15) is 60.7 Å². The molecule has 7 heteroatoms. The highest BCUT2D eigenvalue weighted by atomic mass is 19.2. The summed E-state index contributed by atoms with van der Waals surface area (Å²) in [7, 11) is 0. The minimum absolute atomic E-state index is 0.0218. The van der Waals surface area contributed by atoms with E-state index < -0.39 is 35.1 Å². The van der Waals surface area contributed by atoms with Gasteiger partial charge >= 0.3 is 0 Å². The molecule has 0 aliphatic carbocycles. The van der Waals surface area contributed by atoms with Crippen molar-refractivity contribution in [2.24, 2.45) is 0 Å². The van der Waals surface area contributed by atoms with E-state index in [9.17, 15) is 17.6 Å². The summed E-state index contributed by atoms with van der Waals surface area (Å²) in [5, 5.41) is 6.63. The van der Waals surface area contributed by atoms with Crippen LogP contribution in [-0.4, -0.2) is 10.2 Å². The van der Waals surface area contributed by atoms with E-state index in [-0.39, 0.29) is 11.1 Å². The van der Waals surface area contributed by atoms with Crippen molar-refractivity contribution in [3.8, 4) is 0 Å². The van der Waals surface area contributed by atoms with Gasteiger partial charge in [0.1, 0.15) is 0 Å². The van der Waals surface area contributed by atoms with E-state index >= 15 is 0 Å². The van der Waals surface area contributed by atoms with Crippen LogP contribution in [0.2, 0.25) is 0 Å². The Hall–Kier alpha value is -3.22. The molecule has 0 unspecified atom stereocenters. The summed E-state index contributed by atoms with van der Waals surface area (Å²) in [5.74, 6) is -7.08. The Morgan fingerprint density at radius 2 is 0.968 bits per heavy atom. The first-order valence-corrected chi connectivity index (χ1v) is 10.1. The molecule has 0 amide bonds. The molecule has 0 atom stereocenters. The van der Waals surface area contributed by atoms with Gasteiger partial charge in [-0.25, -0.2) is 8.78 Å². The number of rotatable bonds is 8. The van der Waals surface area contributed by atoms with Gasteiger partial charge in [-0.1, -0.05) is 75.2 Å². The van der Waals surface area contributed by atoms with E-state index in [2.05, 4.69) is 10.2 Å². The molecule has 1 aromatic heterocycles. The average Bonchev–Trinajstić information content (AvgIpc) is 3.29. The van der Waals surface area contributed by atoms with Gasteiger partial charge < -0.3 is 4.42 Å². The molecule has 162 valence electrons. The van der Waals surface area contributed by atoms with Crippen molar-refractivity contribution in [3.05, 3.63) is 82.6 Å². The molecular weight excluding hydrogens is 408 g/mol. The second-order valence-electron chi connectivity index (χ2n) is 7.06. The van der Waals surface area contributed by atoms with Crippen LogP contribution >= 0.6 is 0 Å². The standard InChI is InChI=1S/C24H22F4N2O/c1-3-5-15-7-11-17(12-8-15)19(25)21(27)23-29-30-24(31-23)22(28)20(26)18-13-9-16(6-4-2)10-14-18/h7-14H,3-6H2,1-2H3/b21-19-,22-20-. The maximum atomic E-state index is 14.5. The number of hydrogen-bond donors (Lipinski definition) is 0. The van der Waals surface area contributed by atoms with Gasteiger partial charge in [0.05, 0.1) is 0 Å². The predicted octanol–water partition coefficient (Wildman–Crippen LogP) is 7.50. The first-order valence-electron chi connectivity index (χ1n) is 10.1. The predicted molar refractivity (Wildman–Crippen MR) is 113 cm³/mol. The molecule has 31 heavy (non-hydrogen) atoms. The molecule has 0 radical (unpaired) electrons. The third-order valence-corrected chi connectivity index (χ3v) is 4.68. The van der Waals surface area contributed by atoms with Crippen LogP contribution in [0.4, 0.5) is 17.6 Å². The van der Waals surface area contributed by atoms with Gasteiger partial charge in [-0.15, -0.1) is 10.2 Å². The molecular formula is C24H22F4N2O. The molecule has 3 rings (SSSR count). The summed E-state index contributed by atoms with van der Waals surface area (Å²) in [6.07, 6.45) is 3.49. The fraction of sp³-hybridized carbons (Fsp3) is 0.250. The lowest BCUT2D eigenvalue weighted by Crippen LogP contribution is -1.87. The molecule has 0 aliphatic heterocycles. The zero-order valence-electron chi connectivity index (χ0n) is 17.3. The van der Waals surface area contributed by atoms with Crippen molar-refractivity contribution < 1.29 is 22.0 Å². The fourth-order valence-electron chi connectivity index (χ4n) is 3.05. The second-order valence-corrected chi connectivity index (χ2v) is 7.06. The van der Waals surface area contributed by atoms with E-state index in [0.29, 0.717) is 0 Å². The van der Waals surface area contributed by atoms with Crippen molar-refractivity contribution in [1.29, 1.82) is 0 Å². The van der Waals surface area contributed by atoms with Crippen LogP contribution in [0.5, 0.6) is 0 Å². The van der Waals surface area contributed by atoms with Crippen molar-refractivity contribution >= 4 is 23.3 Å². The highest BCUT2D eigenvalue weighted by Gasteiger charge is 2.22. The Bertz CT molecular complexity index is 998. The van der Waals surface area contributed by atoms with Gasteiger partial charge in [0.25, 0.3) is 11.8 Å². The minimum Gasteiger partial charge on any atom is -0.412 e. The molecule has 1 heterocycles. The van der Waals surface area contributed by atoms with Crippen molar-refractivity contribution in [1.82, 2.24) is 10.2 Å². The Kier molecular flexibility index (Phi) is 7.39. The van der Waals surface area contributed by atoms with E-state index in [4.69, 9.17) is 4.42 Å². The number of halogens is 4. The van der Waals surface area contributed by atoms with Crippen LogP contribution < -0.4 is 0 Å². The van der Waals surface area contributed by atoms with E-state index in [1.54, 1.807) is 24.3 Å². The lowest BCUT2D eigenvalue weighted by molar-refractivity contribution is 0.486. The van der Waals surface area contributed by atoms with Crippen LogP contribution in [0.3, 0.4) is 0 Å². The summed E-state index contributed by atoms with van der Waals surface area (Å²) in [6.45, 7) is 4.03. The smallest absolute Gasteiger partial charge is 0.280 e. The fourth-order valence-corrected chi connectivity index (χ4v) is 3.05. The third-order valence-electron chi connectivity index (χ3n) is 4.68. The van der Waals surface area contributed by atoms with Gasteiger partial charge in [0.2, 0.25) is 11.7 Å². The Labute approximate surface area is 178 Å². The number of hydrogen-bond acceptors (Lipinski definition) is 3. The monoisotopic (exact) mass is 430 g/mol. The molecule has 3 aromatic rings. The summed E-state index contributed by atoms with van der Waals surface area (Å²) < 4.78 is 62.7. The maximum absolute atomic E-state index is 14.5. The van der Waals surface area contributed by atoms with Crippen LogP contribution in [0.25, 0.3) is 23.3 Å². The molecule has 2 aromatic carbocycles. The van der Waals surface area contributed by atoms with Crippen LogP contribution in [0, 0.1) is 0 Å². The molecule has 0 spiro atoms. The Morgan fingerprint density at radius 1 is 0.613 bits per heavy atom. The maximum Gasteiger partial charge on any atom is 0.280 e. The average molecular weight is 430 g/mol. The minimum atomic E-state index is -1.45. The van der Waals surface area contributed by atoms with Gasteiger partial charge in [0, 0.05) is 11.1 Å². The first kappa shape index (κ1) is 22.5. The SMILES string of the molecule is CCCc1ccc(/C(F)=C(/F)c2nnc(/C(F)=C(/F)c3ccc(CCC)cc3)o2)cc1. The van der Waals surface area contributed by atoms with Gasteiger partial charge in [-0.2, -0.15) is 8.78 Å². The second kappa shape index (κ2) is 10.2. The number of benzene rings is 2. The quantitative estimate of drug-likeness (QED) is 0.347. The summed E-state index contributed by atoms with van der Waals surface area (Å²) in [5.41, 5.74) is 1.94. The first-order chi connectivity index (χ1) is 14.9. The summed E-state index contributed by atoms with van der Waals surface area (Å²) >= 11 is 0. The zero-order valence-corrected chi connectivity index (χ0v) is 17.3. The van der Waals surface area contributed by atoms with Crippen molar-refractivity contribution in [2.75, 3.05) is 0 Å². The van der Waals surface area contributed by atoms with Gasteiger partial charge in [-0.3, -0.25) is 0 Å². The van der Waals surface area contributed by atoms with Crippen molar-refractivity contribution in [3.63, 3.8) is 0 Å².